The zero-order chi connectivity index (χ0) is 11.4. The van der Waals surface area contributed by atoms with Crippen LogP contribution in [0.2, 0.25) is 0 Å². The van der Waals surface area contributed by atoms with E-state index in [1.165, 1.54) is 6.07 Å². The van der Waals surface area contributed by atoms with Crippen LogP contribution in [0.3, 0.4) is 0 Å². The number of amides is 1. The number of phenolic OH excluding ortho intramolecular Hbond substituents is 1. The fourth-order valence-electron chi connectivity index (χ4n) is 1.24. The topological polar surface area (TPSA) is 69.6 Å². The molecule has 82 valence electrons. The zero-order valence-electron chi connectivity index (χ0n) is 8.82. The van der Waals surface area contributed by atoms with Crippen LogP contribution < -0.4 is 5.32 Å². The van der Waals surface area contributed by atoms with E-state index in [1.807, 2.05) is 0 Å². The Morgan fingerprint density at radius 2 is 2.13 bits per heavy atom. The molecule has 0 aliphatic carbocycles. The summed E-state index contributed by atoms with van der Waals surface area (Å²) in [6, 6.07) is 4.65. The third-order valence-electron chi connectivity index (χ3n) is 1.88. The number of aromatic hydroxyl groups is 1. The van der Waals surface area contributed by atoms with Crippen LogP contribution in [0.25, 0.3) is 0 Å². The fourth-order valence-corrected chi connectivity index (χ4v) is 1.24. The van der Waals surface area contributed by atoms with Gasteiger partial charge in [0, 0.05) is 12.1 Å². The Kier molecular flexibility index (Phi) is 3.68. The number of carbonyl (C=O) groups is 1. The van der Waals surface area contributed by atoms with Crippen LogP contribution >= 0.6 is 0 Å². The van der Waals surface area contributed by atoms with E-state index in [2.05, 4.69) is 5.32 Å². The lowest BCUT2D eigenvalue weighted by Gasteiger charge is -2.07. The highest BCUT2D eigenvalue weighted by Gasteiger charge is 2.07. The minimum atomic E-state index is -0.577. The largest absolute Gasteiger partial charge is 0.508 e. The maximum atomic E-state index is 11.5. The van der Waals surface area contributed by atoms with Crippen molar-refractivity contribution in [2.45, 2.75) is 20.0 Å². The molecule has 0 aliphatic rings. The van der Waals surface area contributed by atoms with Crippen molar-refractivity contribution in [3.05, 3.63) is 29.3 Å². The SMILES string of the molecule is Cc1cc(O)cc(C(=O)NCC(C)O)c1. The van der Waals surface area contributed by atoms with Gasteiger partial charge in [-0.25, -0.2) is 0 Å². The van der Waals surface area contributed by atoms with Crippen LogP contribution in [0.15, 0.2) is 18.2 Å². The number of benzene rings is 1. The molecule has 4 nitrogen and oxygen atoms in total. The van der Waals surface area contributed by atoms with Gasteiger partial charge >= 0.3 is 0 Å². The van der Waals surface area contributed by atoms with Gasteiger partial charge in [0.2, 0.25) is 0 Å². The standard InChI is InChI=1S/C11H15NO3/c1-7-3-9(5-10(14)4-7)11(15)12-6-8(2)13/h3-5,8,13-14H,6H2,1-2H3,(H,12,15). The Bertz CT molecular complexity index is 341. The minimum Gasteiger partial charge on any atom is -0.508 e. The van der Waals surface area contributed by atoms with E-state index >= 15 is 0 Å². The number of nitrogens with one attached hydrogen (secondary N) is 1. The summed E-state index contributed by atoms with van der Waals surface area (Å²) in [5.41, 5.74) is 1.21. The van der Waals surface area contributed by atoms with Crippen LogP contribution in [0.4, 0.5) is 0 Å². The average Bonchev–Trinajstić information content (AvgIpc) is 2.12. The normalized spacial score (nSPS) is 12.2. The lowest BCUT2D eigenvalue weighted by molar-refractivity contribution is 0.0923. The highest BCUT2D eigenvalue weighted by atomic mass is 16.3. The van der Waals surface area contributed by atoms with E-state index in [0.29, 0.717) is 5.56 Å². The van der Waals surface area contributed by atoms with E-state index in [9.17, 15) is 9.90 Å². The first-order valence-electron chi connectivity index (χ1n) is 4.76. The molecule has 1 aromatic carbocycles. The van der Waals surface area contributed by atoms with Crippen molar-refractivity contribution >= 4 is 5.91 Å². The number of aliphatic hydroxyl groups is 1. The molecule has 1 rings (SSSR count). The maximum Gasteiger partial charge on any atom is 0.251 e. The summed E-state index contributed by atoms with van der Waals surface area (Å²) in [6.45, 7) is 3.59. The first-order valence-corrected chi connectivity index (χ1v) is 4.76. The van der Waals surface area contributed by atoms with Crippen LogP contribution in [-0.4, -0.2) is 28.8 Å². The van der Waals surface area contributed by atoms with Crippen molar-refractivity contribution in [3.8, 4) is 5.75 Å². The third-order valence-corrected chi connectivity index (χ3v) is 1.88. The Hall–Kier alpha value is -1.55. The van der Waals surface area contributed by atoms with Gasteiger partial charge in [-0.3, -0.25) is 4.79 Å². The number of phenols is 1. The summed E-state index contributed by atoms with van der Waals surface area (Å²) in [4.78, 5) is 11.5. The first-order chi connectivity index (χ1) is 6.99. The lowest BCUT2D eigenvalue weighted by atomic mass is 10.1. The second kappa shape index (κ2) is 4.79. The summed E-state index contributed by atoms with van der Waals surface area (Å²) >= 11 is 0. The van der Waals surface area contributed by atoms with Crippen LogP contribution in [0.5, 0.6) is 5.75 Å². The molecule has 15 heavy (non-hydrogen) atoms. The fraction of sp³-hybridized carbons (Fsp3) is 0.364. The van der Waals surface area contributed by atoms with Gasteiger partial charge in [-0.2, -0.15) is 0 Å². The van der Waals surface area contributed by atoms with Crippen LogP contribution in [-0.2, 0) is 0 Å². The summed E-state index contributed by atoms with van der Waals surface area (Å²) in [7, 11) is 0. The van der Waals surface area contributed by atoms with Crippen molar-refractivity contribution < 1.29 is 15.0 Å². The number of aliphatic hydroxyl groups excluding tert-OH is 1. The molecule has 0 heterocycles. The smallest absolute Gasteiger partial charge is 0.251 e. The van der Waals surface area contributed by atoms with Gasteiger partial charge in [0.05, 0.1) is 6.10 Å². The van der Waals surface area contributed by atoms with Gasteiger partial charge in [-0.05, 0) is 37.6 Å². The van der Waals surface area contributed by atoms with Gasteiger partial charge < -0.3 is 15.5 Å². The molecular formula is C11H15NO3. The van der Waals surface area contributed by atoms with E-state index in [0.717, 1.165) is 5.56 Å². The third kappa shape index (κ3) is 3.59. The van der Waals surface area contributed by atoms with Gasteiger partial charge in [-0.15, -0.1) is 0 Å². The van der Waals surface area contributed by atoms with Crippen molar-refractivity contribution in [1.82, 2.24) is 5.32 Å². The van der Waals surface area contributed by atoms with Crippen molar-refractivity contribution in [1.29, 1.82) is 0 Å². The molecule has 4 heteroatoms. The first kappa shape index (κ1) is 11.5. The molecule has 0 bridgehead atoms. The Morgan fingerprint density at radius 3 is 2.67 bits per heavy atom. The molecule has 1 unspecified atom stereocenters. The molecule has 1 amide bonds. The molecule has 0 radical (unpaired) electrons. The van der Waals surface area contributed by atoms with Crippen molar-refractivity contribution in [2.75, 3.05) is 6.54 Å². The number of aryl methyl sites for hydroxylation is 1. The van der Waals surface area contributed by atoms with E-state index < -0.39 is 6.10 Å². The molecule has 1 aromatic rings. The second-order valence-electron chi connectivity index (χ2n) is 3.62. The molecule has 0 spiro atoms. The number of rotatable bonds is 3. The number of hydrogen-bond acceptors (Lipinski definition) is 3. The highest BCUT2D eigenvalue weighted by molar-refractivity contribution is 5.94. The maximum absolute atomic E-state index is 11.5. The van der Waals surface area contributed by atoms with Crippen molar-refractivity contribution in [2.24, 2.45) is 0 Å². The zero-order valence-corrected chi connectivity index (χ0v) is 8.82. The van der Waals surface area contributed by atoms with Crippen molar-refractivity contribution in [3.63, 3.8) is 0 Å². The summed E-state index contributed by atoms with van der Waals surface area (Å²) in [6.07, 6.45) is -0.577. The predicted octanol–water partition coefficient (Wildman–Crippen LogP) is 0.811. The molecule has 1 atom stereocenters. The monoisotopic (exact) mass is 209 g/mol. The predicted molar refractivity (Wildman–Crippen MR) is 56.9 cm³/mol. The summed E-state index contributed by atoms with van der Waals surface area (Å²) in [5.74, 6) is -0.230. The van der Waals surface area contributed by atoms with Gasteiger partial charge in [0.25, 0.3) is 5.91 Å². The van der Waals surface area contributed by atoms with Gasteiger partial charge in [0.15, 0.2) is 0 Å². The lowest BCUT2D eigenvalue weighted by Crippen LogP contribution is -2.30. The molecule has 3 N–H and O–H groups in total. The van der Waals surface area contributed by atoms with E-state index in [4.69, 9.17) is 5.11 Å². The number of carbonyl (C=O) groups excluding carboxylic acids is 1. The Morgan fingerprint density at radius 1 is 1.47 bits per heavy atom. The molecular weight excluding hydrogens is 194 g/mol. The Balaban J connectivity index is 2.73. The van der Waals surface area contributed by atoms with E-state index in [1.54, 1.807) is 26.0 Å². The number of hydrogen-bond donors (Lipinski definition) is 3. The molecule has 0 saturated heterocycles. The van der Waals surface area contributed by atoms with Gasteiger partial charge in [0.1, 0.15) is 5.75 Å². The van der Waals surface area contributed by atoms with Crippen LogP contribution in [0.1, 0.15) is 22.8 Å². The van der Waals surface area contributed by atoms with Crippen LogP contribution in [0, 0.1) is 6.92 Å². The summed E-state index contributed by atoms with van der Waals surface area (Å²) < 4.78 is 0. The highest BCUT2D eigenvalue weighted by Crippen LogP contribution is 2.14. The van der Waals surface area contributed by atoms with Gasteiger partial charge in [-0.1, -0.05) is 0 Å². The second-order valence-corrected chi connectivity index (χ2v) is 3.62. The molecule has 0 saturated carbocycles. The summed E-state index contributed by atoms with van der Waals surface area (Å²) in [5, 5.41) is 20.8. The van der Waals surface area contributed by atoms with E-state index in [-0.39, 0.29) is 18.2 Å². The quantitative estimate of drug-likeness (QED) is 0.690. The minimum absolute atomic E-state index is 0.0668. The molecule has 0 aliphatic heterocycles. The molecule has 0 fully saturated rings. The molecule has 0 aromatic heterocycles. The Labute approximate surface area is 88.6 Å². The average molecular weight is 209 g/mol.